The lowest BCUT2D eigenvalue weighted by atomic mass is 10.1. The number of thiocarbonyl (C=S) groups is 1. The highest BCUT2D eigenvalue weighted by molar-refractivity contribution is 7.98. The Morgan fingerprint density at radius 2 is 1.87 bits per heavy atom. The Balaban J connectivity index is 1.67. The Hall–Kier alpha value is -1.23. The molecule has 0 radical (unpaired) electrons. The first-order valence-electron chi connectivity index (χ1n) is 7.48. The fourth-order valence-corrected chi connectivity index (χ4v) is 3.51. The number of aryl methyl sites for hydroxylation is 2. The lowest BCUT2D eigenvalue weighted by molar-refractivity contribution is 0.989. The molecule has 0 spiro atoms. The summed E-state index contributed by atoms with van der Waals surface area (Å²) in [6, 6.07) is 14.3. The zero-order valence-corrected chi connectivity index (χ0v) is 15.7. The average molecular weight is 365 g/mol. The molecule has 0 atom stereocenters. The summed E-state index contributed by atoms with van der Waals surface area (Å²) < 4.78 is 0. The second kappa shape index (κ2) is 9.16. The quantitative estimate of drug-likeness (QED) is 0.545. The van der Waals surface area contributed by atoms with E-state index in [1.54, 1.807) is 0 Å². The van der Waals surface area contributed by atoms with Gasteiger partial charge in [0, 0.05) is 28.8 Å². The van der Waals surface area contributed by atoms with Gasteiger partial charge in [0.25, 0.3) is 0 Å². The standard InChI is InChI=1S/C18H21ClN2S2/c1-13-8-14(2)10-17(9-13)21-18(22)20-6-7-23-12-15-4-3-5-16(19)11-15/h3-5,8-11H,6-7,12H2,1-2H3,(H2,20,21,22). The summed E-state index contributed by atoms with van der Waals surface area (Å²) in [5.41, 5.74) is 4.74. The van der Waals surface area contributed by atoms with Crippen molar-refractivity contribution in [1.29, 1.82) is 0 Å². The topological polar surface area (TPSA) is 24.1 Å². The average Bonchev–Trinajstić information content (AvgIpc) is 2.45. The SMILES string of the molecule is Cc1cc(C)cc(NC(=S)NCCSCc2cccc(Cl)c2)c1. The molecule has 0 amide bonds. The van der Waals surface area contributed by atoms with Crippen LogP contribution in [0.4, 0.5) is 5.69 Å². The fraction of sp³-hybridized carbons (Fsp3) is 0.278. The van der Waals surface area contributed by atoms with Crippen LogP contribution in [-0.4, -0.2) is 17.4 Å². The van der Waals surface area contributed by atoms with Gasteiger partial charge in [-0.25, -0.2) is 0 Å². The number of rotatable bonds is 6. The van der Waals surface area contributed by atoms with Gasteiger partial charge in [0.05, 0.1) is 0 Å². The molecule has 2 N–H and O–H groups in total. The maximum atomic E-state index is 5.98. The van der Waals surface area contributed by atoms with Crippen molar-refractivity contribution in [2.24, 2.45) is 0 Å². The van der Waals surface area contributed by atoms with E-state index in [-0.39, 0.29) is 0 Å². The van der Waals surface area contributed by atoms with Gasteiger partial charge in [0.2, 0.25) is 0 Å². The Bertz CT molecular complexity index is 654. The van der Waals surface area contributed by atoms with E-state index in [4.69, 9.17) is 23.8 Å². The van der Waals surface area contributed by atoms with E-state index < -0.39 is 0 Å². The predicted molar refractivity (Wildman–Crippen MR) is 108 cm³/mol. The molecule has 2 aromatic rings. The minimum atomic E-state index is 0.665. The van der Waals surface area contributed by atoms with Crippen molar-refractivity contribution in [2.45, 2.75) is 19.6 Å². The zero-order chi connectivity index (χ0) is 16.7. The van der Waals surface area contributed by atoms with Crippen LogP contribution in [0.2, 0.25) is 5.02 Å². The molecular weight excluding hydrogens is 344 g/mol. The first-order valence-corrected chi connectivity index (χ1v) is 9.42. The largest absolute Gasteiger partial charge is 0.362 e. The van der Waals surface area contributed by atoms with E-state index in [2.05, 4.69) is 48.7 Å². The number of benzene rings is 2. The first kappa shape index (κ1) is 18.1. The molecule has 23 heavy (non-hydrogen) atoms. The molecule has 5 heteroatoms. The van der Waals surface area contributed by atoms with Crippen molar-refractivity contribution >= 4 is 46.4 Å². The number of anilines is 1. The molecule has 122 valence electrons. The van der Waals surface area contributed by atoms with Crippen LogP contribution in [0.15, 0.2) is 42.5 Å². The molecule has 2 aromatic carbocycles. The van der Waals surface area contributed by atoms with Crippen LogP contribution in [0.25, 0.3) is 0 Å². The van der Waals surface area contributed by atoms with Gasteiger partial charge >= 0.3 is 0 Å². The number of nitrogens with one attached hydrogen (secondary N) is 2. The smallest absolute Gasteiger partial charge is 0.170 e. The minimum Gasteiger partial charge on any atom is -0.362 e. The highest BCUT2D eigenvalue weighted by atomic mass is 35.5. The highest BCUT2D eigenvalue weighted by Crippen LogP contribution is 2.16. The Labute approximate surface area is 153 Å². The molecular formula is C18H21ClN2S2. The van der Waals surface area contributed by atoms with Crippen LogP contribution in [0.5, 0.6) is 0 Å². The summed E-state index contributed by atoms with van der Waals surface area (Å²) in [7, 11) is 0. The Kier molecular flexibility index (Phi) is 7.21. The van der Waals surface area contributed by atoms with Gasteiger partial charge in [-0.05, 0) is 67.0 Å². The number of thioether (sulfide) groups is 1. The minimum absolute atomic E-state index is 0.665. The normalized spacial score (nSPS) is 10.4. The number of hydrogen-bond acceptors (Lipinski definition) is 2. The van der Waals surface area contributed by atoms with Crippen LogP contribution in [0, 0.1) is 13.8 Å². The molecule has 2 nitrogen and oxygen atoms in total. The van der Waals surface area contributed by atoms with Crippen molar-refractivity contribution in [2.75, 3.05) is 17.6 Å². The van der Waals surface area contributed by atoms with Gasteiger partial charge in [0.1, 0.15) is 0 Å². The van der Waals surface area contributed by atoms with Gasteiger partial charge in [-0.1, -0.05) is 29.8 Å². The van der Waals surface area contributed by atoms with Crippen molar-refractivity contribution in [3.63, 3.8) is 0 Å². The molecule has 0 aromatic heterocycles. The Morgan fingerprint density at radius 1 is 1.13 bits per heavy atom. The summed E-state index contributed by atoms with van der Waals surface area (Å²) >= 11 is 13.2. The van der Waals surface area contributed by atoms with Crippen molar-refractivity contribution in [1.82, 2.24) is 5.32 Å². The molecule has 0 fully saturated rings. The van der Waals surface area contributed by atoms with Gasteiger partial charge in [-0.15, -0.1) is 0 Å². The lowest BCUT2D eigenvalue weighted by Gasteiger charge is -2.11. The molecule has 0 aliphatic carbocycles. The van der Waals surface area contributed by atoms with Gasteiger partial charge in [0.15, 0.2) is 5.11 Å². The summed E-state index contributed by atoms with van der Waals surface area (Å²) in [4.78, 5) is 0. The summed E-state index contributed by atoms with van der Waals surface area (Å²) in [6.07, 6.45) is 0. The lowest BCUT2D eigenvalue weighted by Crippen LogP contribution is -2.30. The first-order chi connectivity index (χ1) is 11.0. The van der Waals surface area contributed by atoms with E-state index in [1.165, 1.54) is 16.7 Å². The van der Waals surface area contributed by atoms with Crippen molar-refractivity contribution in [3.05, 3.63) is 64.2 Å². The molecule has 2 rings (SSSR count). The number of hydrogen-bond donors (Lipinski definition) is 2. The molecule has 0 unspecified atom stereocenters. The van der Waals surface area contributed by atoms with Crippen molar-refractivity contribution in [3.8, 4) is 0 Å². The van der Waals surface area contributed by atoms with Crippen LogP contribution in [0.3, 0.4) is 0 Å². The summed E-state index contributed by atoms with van der Waals surface area (Å²) in [5.74, 6) is 1.95. The second-order valence-electron chi connectivity index (χ2n) is 5.44. The molecule has 0 saturated carbocycles. The summed E-state index contributed by atoms with van der Waals surface area (Å²) in [5, 5.41) is 7.93. The van der Waals surface area contributed by atoms with Gasteiger partial charge in [-0.2, -0.15) is 11.8 Å². The molecule has 0 aliphatic heterocycles. The van der Waals surface area contributed by atoms with Crippen LogP contribution in [-0.2, 0) is 5.75 Å². The third-order valence-electron chi connectivity index (χ3n) is 3.17. The molecule has 0 aliphatic rings. The highest BCUT2D eigenvalue weighted by Gasteiger charge is 2.00. The zero-order valence-electron chi connectivity index (χ0n) is 13.4. The number of halogens is 1. The van der Waals surface area contributed by atoms with E-state index in [0.717, 1.165) is 28.8 Å². The van der Waals surface area contributed by atoms with E-state index >= 15 is 0 Å². The molecule has 0 heterocycles. The van der Waals surface area contributed by atoms with Crippen LogP contribution in [0.1, 0.15) is 16.7 Å². The molecule has 0 bridgehead atoms. The predicted octanol–water partition coefficient (Wildman–Crippen LogP) is 5.18. The molecule has 0 saturated heterocycles. The monoisotopic (exact) mass is 364 g/mol. The van der Waals surface area contributed by atoms with E-state index in [1.807, 2.05) is 30.0 Å². The second-order valence-corrected chi connectivity index (χ2v) is 7.39. The van der Waals surface area contributed by atoms with Crippen molar-refractivity contribution < 1.29 is 0 Å². The third kappa shape index (κ3) is 6.81. The fourth-order valence-electron chi connectivity index (χ4n) is 2.28. The maximum Gasteiger partial charge on any atom is 0.170 e. The van der Waals surface area contributed by atoms with E-state index in [9.17, 15) is 0 Å². The summed E-state index contributed by atoms with van der Waals surface area (Å²) in [6.45, 7) is 5.00. The van der Waals surface area contributed by atoms with Crippen LogP contribution < -0.4 is 10.6 Å². The maximum absolute atomic E-state index is 5.98. The van der Waals surface area contributed by atoms with Gasteiger partial charge < -0.3 is 10.6 Å². The Morgan fingerprint density at radius 3 is 2.57 bits per heavy atom. The van der Waals surface area contributed by atoms with Crippen LogP contribution >= 0.6 is 35.6 Å². The van der Waals surface area contributed by atoms with Gasteiger partial charge in [-0.3, -0.25) is 0 Å². The van der Waals surface area contributed by atoms with E-state index in [0.29, 0.717) is 5.11 Å². The third-order valence-corrected chi connectivity index (χ3v) is 4.68.